The SMILES string of the molecule is CNC1CCC(N2C(=O)C3C(C2=O)C3(C)C)CC1. The van der Waals surface area contributed by atoms with Crippen LogP contribution in [-0.2, 0) is 9.59 Å². The van der Waals surface area contributed by atoms with E-state index < -0.39 is 0 Å². The molecule has 3 aliphatic rings. The maximum Gasteiger partial charge on any atom is 0.233 e. The number of hydrogen-bond acceptors (Lipinski definition) is 3. The molecule has 3 rings (SSSR count). The van der Waals surface area contributed by atoms with Gasteiger partial charge in [0.2, 0.25) is 11.8 Å². The highest BCUT2D eigenvalue weighted by atomic mass is 16.2. The monoisotopic (exact) mass is 250 g/mol. The fraction of sp³-hybridized carbons (Fsp3) is 0.857. The summed E-state index contributed by atoms with van der Waals surface area (Å²) in [7, 11) is 1.98. The van der Waals surface area contributed by atoms with Crippen LogP contribution in [0.5, 0.6) is 0 Å². The first-order valence-corrected chi connectivity index (χ1v) is 7.02. The Morgan fingerprint density at radius 2 is 1.56 bits per heavy atom. The summed E-state index contributed by atoms with van der Waals surface area (Å²) in [5.41, 5.74) is -0.0765. The Morgan fingerprint density at radius 3 is 2.00 bits per heavy atom. The highest BCUT2D eigenvalue weighted by Gasteiger charge is 2.73. The molecule has 1 saturated heterocycles. The second-order valence-corrected chi connectivity index (χ2v) is 6.62. The van der Waals surface area contributed by atoms with Crippen molar-refractivity contribution >= 4 is 11.8 Å². The molecule has 2 saturated carbocycles. The normalized spacial score (nSPS) is 42.1. The number of rotatable bonds is 2. The molecule has 0 aromatic heterocycles. The summed E-state index contributed by atoms with van der Waals surface area (Å²) in [5, 5.41) is 3.28. The maximum absolute atomic E-state index is 12.3. The van der Waals surface area contributed by atoms with Crippen LogP contribution in [0.2, 0.25) is 0 Å². The Labute approximate surface area is 108 Å². The Kier molecular flexibility index (Phi) is 2.56. The summed E-state index contributed by atoms with van der Waals surface area (Å²) in [6, 6.07) is 0.721. The number of amides is 2. The first-order valence-electron chi connectivity index (χ1n) is 7.02. The van der Waals surface area contributed by atoms with Crippen LogP contribution in [0.3, 0.4) is 0 Å². The minimum atomic E-state index is -0.0765. The second kappa shape index (κ2) is 3.80. The molecular weight excluding hydrogens is 228 g/mol. The number of imide groups is 1. The number of carbonyl (C=O) groups excluding carboxylic acids is 2. The third-order valence-corrected chi connectivity index (χ3v) is 5.30. The van der Waals surface area contributed by atoms with Gasteiger partial charge in [-0.2, -0.15) is 0 Å². The number of carbonyl (C=O) groups is 2. The zero-order chi connectivity index (χ0) is 13.1. The van der Waals surface area contributed by atoms with Crippen molar-refractivity contribution in [1.29, 1.82) is 0 Å². The van der Waals surface area contributed by atoms with Gasteiger partial charge < -0.3 is 5.32 Å². The smallest absolute Gasteiger partial charge is 0.233 e. The van der Waals surface area contributed by atoms with E-state index in [1.165, 1.54) is 0 Å². The molecule has 4 nitrogen and oxygen atoms in total. The van der Waals surface area contributed by atoms with Gasteiger partial charge in [0, 0.05) is 12.1 Å². The molecule has 0 bridgehead atoms. The van der Waals surface area contributed by atoms with Crippen molar-refractivity contribution in [3.8, 4) is 0 Å². The van der Waals surface area contributed by atoms with E-state index >= 15 is 0 Å². The summed E-state index contributed by atoms with van der Waals surface area (Å²) >= 11 is 0. The second-order valence-electron chi connectivity index (χ2n) is 6.62. The molecule has 3 fully saturated rings. The van der Waals surface area contributed by atoms with Gasteiger partial charge in [-0.05, 0) is 38.1 Å². The van der Waals surface area contributed by atoms with E-state index in [-0.39, 0.29) is 35.1 Å². The Bertz CT molecular complexity index is 373. The third-order valence-electron chi connectivity index (χ3n) is 5.30. The van der Waals surface area contributed by atoms with Gasteiger partial charge in [0.05, 0.1) is 11.8 Å². The molecule has 0 spiro atoms. The fourth-order valence-corrected chi connectivity index (χ4v) is 3.95. The first kappa shape index (κ1) is 12.2. The molecule has 18 heavy (non-hydrogen) atoms. The molecule has 0 radical (unpaired) electrons. The highest BCUT2D eigenvalue weighted by Crippen LogP contribution is 2.63. The number of piperidine rings is 1. The molecule has 0 aromatic carbocycles. The van der Waals surface area contributed by atoms with Gasteiger partial charge in [0.1, 0.15) is 0 Å². The van der Waals surface area contributed by atoms with Gasteiger partial charge in [-0.25, -0.2) is 0 Å². The van der Waals surface area contributed by atoms with Gasteiger partial charge in [-0.1, -0.05) is 13.8 Å². The summed E-state index contributed by atoms with van der Waals surface area (Å²) in [5.74, 6) is 0.157. The zero-order valence-corrected chi connectivity index (χ0v) is 11.4. The van der Waals surface area contributed by atoms with Crippen LogP contribution >= 0.6 is 0 Å². The van der Waals surface area contributed by atoms with Crippen molar-refractivity contribution in [2.24, 2.45) is 17.3 Å². The Balaban J connectivity index is 1.69. The quantitative estimate of drug-likeness (QED) is 0.748. The highest BCUT2D eigenvalue weighted by molar-refractivity contribution is 6.10. The Hall–Kier alpha value is -0.900. The van der Waals surface area contributed by atoms with Crippen LogP contribution in [0.4, 0.5) is 0 Å². The van der Waals surface area contributed by atoms with E-state index in [0.717, 1.165) is 25.7 Å². The molecule has 0 aromatic rings. The van der Waals surface area contributed by atoms with Crippen molar-refractivity contribution < 1.29 is 9.59 Å². The molecule has 1 aliphatic heterocycles. The lowest BCUT2D eigenvalue weighted by Crippen LogP contribution is -2.47. The van der Waals surface area contributed by atoms with Gasteiger partial charge in [-0.3, -0.25) is 14.5 Å². The first-order chi connectivity index (χ1) is 8.48. The van der Waals surface area contributed by atoms with Crippen molar-refractivity contribution in [2.75, 3.05) is 7.05 Å². The summed E-state index contributed by atoms with van der Waals surface area (Å²) < 4.78 is 0. The van der Waals surface area contributed by atoms with E-state index in [4.69, 9.17) is 0 Å². The maximum atomic E-state index is 12.3. The summed E-state index contributed by atoms with van der Waals surface area (Å²) in [6.07, 6.45) is 4.06. The minimum Gasteiger partial charge on any atom is -0.317 e. The Morgan fingerprint density at radius 1 is 1.06 bits per heavy atom. The van der Waals surface area contributed by atoms with Gasteiger partial charge in [-0.15, -0.1) is 0 Å². The lowest BCUT2D eigenvalue weighted by molar-refractivity contribution is -0.146. The van der Waals surface area contributed by atoms with Crippen molar-refractivity contribution in [1.82, 2.24) is 10.2 Å². The van der Waals surface area contributed by atoms with Crippen molar-refractivity contribution in [3.05, 3.63) is 0 Å². The number of nitrogens with zero attached hydrogens (tertiary/aromatic N) is 1. The number of fused-ring (bicyclic) bond motifs is 1. The van der Waals surface area contributed by atoms with E-state index in [1.54, 1.807) is 4.90 Å². The number of hydrogen-bond donors (Lipinski definition) is 1. The minimum absolute atomic E-state index is 0.0213. The third kappa shape index (κ3) is 1.48. The van der Waals surface area contributed by atoms with Crippen molar-refractivity contribution in [2.45, 2.75) is 51.6 Å². The molecule has 2 unspecified atom stereocenters. The fourth-order valence-electron chi connectivity index (χ4n) is 3.95. The molecular formula is C14H22N2O2. The van der Waals surface area contributed by atoms with Crippen LogP contribution in [0.15, 0.2) is 0 Å². The molecule has 2 atom stereocenters. The zero-order valence-electron chi connectivity index (χ0n) is 11.4. The number of likely N-dealkylation sites (tertiary alicyclic amines) is 1. The summed E-state index contributed by atoms with van der Waals surface area (Å²) in [4.78, 5) is 26.2. The molecule has 4 heteroatoms. The predicted molar refractivity (Wildman–Crippen MR) is 67.7 cm³/mol. The van der Waals surface area contributed by atoms with Gasteiger partial charge >= 0.3 is 0 Å². The average Bonchev–Trinajstić information content (AvgIpc) is 2.80. The number of nitrogens with one attached hydrogen (secondary N) is 1. The molecule has 2 aliphatic carbocycles. The van der Waals surface area contributed by atoms with E-state index in [9.17, 15) is 9.59 Å². The predicted octanol–water partition coefficient (Wildman–Crippen LogP) is 1.16. The van der Waals surface area contributed by atoms with Crippen LogP contribution in [0.1, 0.15) is 39.5 Å². The lowest BCUT2D eigenvalue weighted by atomic mass is 9.89. The van der Waals surface area contributed by atoms with Crippen LogP contribution < -0.4 is 5.32 Å². The molecule has 2 amide bonds. The van der Waals surface area contributed by atoms with E-state index in [0.29, 0.717) is 6.04 Å². The van der Waals surface area contributed by atoms with E-state index in [2.05, 4.69) is 5.32 Å². The van der Waals surface area contributed by atoms with Crippen molar-refractivity contribution in [3.63, 3.8) is 0 Å². The van der Waals surface area contributed by atoms with E-state index in [1.807, 2.05) is 20.9 Å². The van der Waals surface area contributed by atoms with Crippen LogP contribution in [0, 0.1) is 17.3 Å². The average molecular weight is 250 g/mol. The van der Waals surface area contributed by atoms with Crippen LogP contribution in [-0.4, -0.2) is 35.8 Å². The lowest BCUT2D eigenvalue weighted by Gasteiger charge is -2.35. The topological polar surface area (TPSA) is 49.4 Å². The largest absolute Gasteiger partial charge is 0.317 e. The molecule has 1 heterocycles. The summed E-state index contributed by atoms with van der Waals surface area (Å²) in [6.45, 7) is 4.07. The van der Waals surface area contributed by atoms with Crippen LogP contribution in [0.25, 0.3) is 0 Å². The molecule has 100 valence electrons. The molecule has 1 N–H and O–H groups in total. The van der Waals surface area contributed by atoms with Gasteiger partial charge in [0.15, 0.2) is 0 Å². The van der Waals surface area contributed by atoms with Gasteiger partial charge in [0.25, 0.3) is 0 Å². The standard InChI is InChI=1S/C14H22N2O2/c1-14(2)10-11(14)13(18)16(12(10)17)9-6-4-8(15-3)5-7-9/h8-11,15H,4-7H2,1-3H3.